The number of carbonyl (C=O) groups excluding carboxylic acids is 1. The Bertz CT molecular complexity index is 454. The highest BCUT2D eigenvalue weighted by Gasteiger charge is 2.30. The molecule has 1 amide bonds. The van der Waals surface area contributed by atoms with Gasteiger partial charge in [0.05, 0.1) is 5.92 Å². The van der Waals surface area contributed by atoms with Gasteiger partial charge in [-0.25, -0.2) is 5.10 Å². The van der Waals surface area contributed by atoms with Gasteiger partial charge >= 0.3 is 5.97 Å². The van der Waals surface area contributed by atoms with Crippen molar-refractivity contribution >= 4 is 17.8 Å². The summed E-state index contributed by atoms with van der Waals surface area (Å²) in [6.07, 6.45) is 6.32. The van der Waals surface area contributed by atoms with Crippen molar-refractivity contribution in [2.45, 2.75) is 39.0 Å². The van der Waals surface area contributed by atoms with E-state index in [9.17, 15) is 9.59 Å². The third-order valence-electron chi connectivity index (χ3n) is 3.76. The molecule has 0 aromatic carbocycles. The highest BCUT2D eigenvalue weighted by atomic mass is 16.4. The van der Waals surface area contributed by atoms with Gasteiger partial charge in [0, 0.05) is 12.5 Å². The SMILES string of the molecule is CC(CN(C(=O)C1CCCCC1)c1ncn[nH]1)C(=O)O. The van der Waals surface area contributed by atoms with Crippen molar-refractivity contribution in [3.05, 3.63) is 6.33 Å². The molecular formula is C13H20N4O3. The minimum absolute atomic E-state index is 0.0326. The standard InChI is InChI=1S/C13H20N4O3/c1-9(12(19)20)7-17(13-14-8-15-16-13)11(18)10-5-3-2-4-6-10/h8-10H,2-7H2,1H3,(H,19,20)(H,14,15,16). The number of aliphatic carboxylic acids is 1. The lowest BCUT2D eigenvalue weighted by Gasteiger charge is -2.28. The van der Waals surface area contributed by atoms with Gasteiger partial charge in [-0.15, -0.1) is 0 Å². The molecule has 0 bridgehead atoms. The molecule has 20 heavy (non-hydrogen) atoms. The van der Waals surface area contributed by atoms with Crippen LogP contribution in [0.25, 0.3) is 0 Å². The van der Waals surface area contributed by atoms with E-state index in [4.69, 9.17) is 5.11 Å². The largest absolute Gasteiger partial charge is 0.481 e. The topological polar surface area (TPSA) is 99.2 Å². The predicted octanol–water partition coefficient (Wildman–Crippen LogP) is 1.44. The van der Waals surface area contributed by atoms with Crippen molar-refractivity contribution in [1.82, 2.24) is 15.2 Å². The zero-order valence-corrected chi connectivity index (χ0v) is 11.6. The van der Waals surface area contributed by atoms with Crippen LogP contribution in [0.3, 0.4) is 0 Å². The van der Waals surface area contributed by atoms with Crippen molar-refractivity contribution in [1.29, 1.82) is 0 Å². The predicted molar refractivity (Wildman–Crippen MR) is 72.1 cm³/mol. The first-order valence-corrected chi connectivity index (χ1v) is 6.99. The third kappa shape index (κ3) is 3.34. The fraction of sp³-hybridized carbons (Fsp3) is 0.692. The molecule has 1 aromatic rings. The lowest BCUT2D eigenvalue weighted by atomic mass is 9.88. The van der Waals surface area contributed by atoms with Gasteiger partial charge in [-0.05, 0) is 12.8 Å². The summed E-state index contributed by atoms with van der Waals surface area (Å²) in [7, 11) is 0. The maximum absolute atomic E-state index is 12.6. The summed E-state index contributed by atoms with van der Waals surface area (Å²) in [4.78, 5) is 29.0. The summed E-state index contributed by atoms with van der Waals surface area (Å²) in [5.74, 6) is -1.32. The van der Waals surface area contributed by atoms with Crippen molar-refractivity contribution in [2.24, 2.45) is 11.8 Å². The second-order valence-corrected chi connectivity index (χ2v) is 5.33. The lowest BCUT2D eigenvalue weighted by Crippen LogP contribution is -2.42. The maximum Gasteiger partial charge on any atom is 0.308 e. The normalized spacial score (nSPS) is 17.6. The van der Waals surface area contributed by atoms with E-state index in [1.807, 2.05) is 0 Å². The zero-order valence-electron chi connectivity index (χ0n) is 11.6. The van der Waals surface area contributed by atoms with Crippen LogP contribution < -0.4 is 4.90 Å². The number of carboxylic acid groups (broad SMARTS) is 1. The quantitative estimate of drug-likeness (QED) is 0.850. The molecule has 1 aromatic heterocycles. The van der Waals surface area contributed by atoms with Gasteiger partial charge in [0.15, 0.2) is 0 Å². The molecule has 1 saturated carbocycles. The molecule has 7 nitrogen and oxygen atoms in total. The summed E-state index contributed by atoms with van der Waals surface area (Å²) in [6, 6.07) is 0. The number of H-pyrrole nitrogens is 1. The summed E-state index contributed by atoms with van der Waals surface area (Å²) in [5, 5.41) is 15.4. The van der Waals surface area contributed by atoms with E-state index in [1.165, 1.54) is 11.2 Å². The van der Waals surface area contributed by atoms with Crippen LogP contribution >= 0.6 is 0 Å². The molecule has 7 heteroatoms. The number of aromatic amines is 1. The number of carbonyl (C=O) groups is 2. The smallest absolute Gasteiger partial charge is 0.308 e. The van der Waals surface area contributed by atoms with Crippen LogP contribution in [0.4, 0.5) is 5.95 Å². The Morgan fingerprint density at radius 3 is 2.70 bits per heavy atom. The molecule has 0 spiro atoms. The minimum atomic E-state index is -0.925. The van der Waals surface area contributed by atoms with Crippen LogP contribution in [0.5, 0.6) is 0 Å². The number of nitrogens with zero attached hydrogens (tertiary/aromatic N) is 3. The van der Waals surface area contributed by atoms with Crippen LogP contribution in [0.15, 0.2) is 6.33 Å². The van der Waals surface area contributed by atoms with Crippen LogP contribution in [0.1, 0.15) is 39.0 Å². The highest BCUT2D eigenvalue weighted by Crippen LogP contribution is 2.26. The van der Waals surface area contributed by atoms with Gasteiger partial charge in [0.25, 0.3) is 0 Å². The molecule has 0 radical (unpaired) electrons. The molecule has 0 saturated heterocycles. The summed E-state index contributed by atoms with van der Waals surface area (Å²) >= 11 is 0. The lowest BCUT2D eigenvalue weighted by molar-refractivity contribution is -0.140. The highest BCUT2D eigenvalue weighted by molar-refractivity contribution is 5.94. The zero-order chi connectivity index (χ0) is 14.5. The molecule has 0 aliphatic heterocycles. The number of amides is 1. The van der Waals surface area contributed by atoms with Crippen LogP contribution in [-0.4, -0.2) is 38.7 Å². The number of anilines is 1. The second-order valence-electron chi connectivity index (χ2n) is 5.33. The molecule has 1 heterocycles. The fourth-order valence-corrected chi connectivity index (χ4v) is 2.53. The Hall–Kier alpha value is -1.92. The molecule has 2 N–H and O–H groups in total. The summed E-state index contributed by atoms with van der Waals surface area (Å²) < 4.78 is 0. The molecule has 110 valence electrons. The first-order valence-electron chi connectivity index (χ1n) is 6.99. The third-order valence-corrected chi connectivity index (χ3v) is 3.76. The Morgan fingerprint density at radius 2 is 2.15 bits per heavy atom. The van der Waals surface area contributed by atoms with Gasteiger partial charge in [-0.3, -0.25) is 14.5 Å². The van der Waals surface area contributed by atoms with Gasteiger partial charge in [-0.2, -0.15) is 10.1 Å². The minimum Gasteiger partial charge on any atom is -0.481 e. The van der Waals surface area contributed by atoms with Crippen molar-refractivity contribution in [3.63, 3.8) is 0 Å². The van der Waals surface area contributed by atoms with Gasteiger partial charge < -0.3 is 5.11 Å². The number of aromatic nitrogens is 3. The van der Waals surface area contributed by atoms with E-state index in [1.54, 1.807) is 6.92 Å². The number of hydrogen-bond acceptors (Lipinski definition) is 4. The maximum atomic E-state index is 12.6. The molecule has 1 aliphatic carbocycles. The first-order chi connectivity index (χ1) is 9.59. The molecular weight excluding hydrogens is 260 g/mol. The van der Waals surface area contributed by atoms with E-state index in [0.717, 1.165) is 32.1 Å². The van der Waals surface area contributed by atoms with Gasteiger partial charge in [0.2, 0.25) is 11.9 Å². The second kappa shape index (κ2) is 6.49. The molecule has 1 aliphatic rings. The molecule has 1 fully saturated rings. The molecule has 1 unspecified atom stereocenters. The summed E-state index contributed by atoms with van der Waals surface area (Å²) in [5.41, 5.74) is 0. The van der Waals surface area contributed by atoms with Crippen molar-refractivity contribution in [2.75, 3.05) is 11.4 Å². The van der Waals surface area contributed by atoms with E-state index < -0.39 is 11.9 Å². The number of rotatable bonds is 5. The average Bonchev–Trinajstić information content (AvgIpc) is 2.98. The van der Waals surface area contributed by atoms with Crippen LogP contribution in [0, 0.1) is 11.8 Å². The van der Waals surface area contributed by atoms with E-state index in [2.05, 4.69) is 15.2 Å². The van der Waals surface area contributed by atoms with E-state index in [-0.39, 0.29) is 18.4 Å². The number of carboxylic acids is 1. The molecule has 1 atom stereocenters. The van der Waals surface area contributed by atoms with Gasteiger partial charge in [0.1, 0.15) is 6.33 Å². The Balaban J connectivity index is 2.13. The average molecular weight is 280 g/mol. The number of nitrogens with one attached hydrogen (secondary N) is 1. The van der Waals surface area contributed by atoms with Crippen molar-refractivity contribution < 1.29 is 14.7 Å². The Morgan fingerprint density at radius 1 is 1.45 bits per heavy atom. The van der Waals surface area contributed by atoms with E-state index >= 15 is 0 Å². The van der Waals surface area contributed by atoms with E-state index in [0.29, 0.717) is 5.95 Å². The Labute approximate surface area is 117 Å². The monoisotopic (exact) mass is 280 g/mol. The van der Waals surface area contributed by atoms with Crippen LogP contribution in [-0.2, 0) is 9.59 Å². The summed E-state index contributed by atoms with van der Waals surface area (Å²) in [6.45, 7) is 1.69. The number of hydrogen-bond donors (Lipinski definition) is 2. The fourth-order valence-electron chi connectivity index (χ4n) is 2.53. The van der Waals surface area contributed by atoms with Crippen molar-refractivity contribution in [3.8, 4) is 0 Å². The first kappa shape index (κ1) is 14.5. The Kier molecular flexibility index (Phi) is 4.70. The van der Waals surface area contributed by atoms with Gasteiger partial charge in [-0.1, -0.05) is 26.2 Å². The molecule has 2 rings (SSSR count). The van der Waals surface area contributed by atoms with Crippen LogP contribution in [0.2, 0.25) is 0 Å².